The molecular weight excluding hydrogens is 346 g/mol. The van der Waals surface area contributed by atoms with Crippen LogP contribution in [0.25, 0.3) is 5.65 Å². The highest BCUT2D eigenvalue weighted by Crippen LogP contribution is 2.22. The highest BCUT2D eigenvalue weighted by molar-refractivity contribution is 7.99. The Morgan fingerprint density at radius 1 is 1.23 bits per heavy atom. The predicted octanol–water partition coefficient (Wildman–Crippen LogP) is 3.39. The minimum absolute atomic E-state index is 0.0528. The van der Waals surface area contributed by atoms with Crippen LogP contribution >= 0.6 is 11.8 Å². The fraction of sp³-hybridized carbons (Fsp3) is 0.263. The van der Waals surface area contributed by atoms with Gasteiger partial charge in [-0.3, -0.25) is 9.20 Å². The molecule has 26 heavy (non-hydrogen) atoms. The van der Waals surface area contributed by atoms with Crippen molar-refractivity contribution in [3.8, 4) is 6.07 Å². The summed E-state index contributed by atoms with van der Waals surface area (Å²) in [6, 6.07) is 13.8. The number of amides is 1. The zero-order valence-corrected chi connectivity index (χ0v) is 15.5. The smallest absolute Gasteiger partial charge is 0.237 e. The first-order chi connectivity index (χ1) is 12.6. The Morgan fingerprint density at radius 2 is 2.00 bits per heavy atom. The van der Waals surface area contributed by atoms with Crippen LogP contribution in [0.15, 0.2) is 47.8 Å². The van der Waals surface area contributed by atoms with E-state index in [1.54, 1.807) is 4.90 Å². The molecule has 7 heteroatoms. The van der Waals surface area contributed by atoms with Crippen molar-refractivity contribution in [1.29, 1.82) is 5.26 Å². The first-order valence-corrected chi connectivity index (χ1v) is 9.25. The lowest BCUT2D eigenvalue weighted by atomic mass is 10.1. The number of carbonyl (C=O) groups excluding carboxylic acids is 1. The van der Waals surface area contributed by atoms with Gasteiger partial charge in [-0.1, -0.05) is 23.9 Å². The molecule has 0 atom stereocenters. The minimum Gasteiger partial charge on any atom is -0.311 e. The molecular formula is C19H19N5OS. The lowest BCUT2D eigenvalue weighted by Gasteiger charge is -2.22. The highest BCUT2D eigenvalue weighted by atomic mass is 32.2. The van der Waals surface area contributed by atoms with E-state index >= 15 is 0 Å². The second-order valence-electron chi connectivity index (χ2n) is 6.00. The number of nitrogens with zero attached hydrogens (tertiary/aromatic N) is 5. The third-order valence-electron chi connectivity index (χ3n) is 3.87. The van der Waals surface area contributed by atoms with Gasteiger partial charge in [0.05, 0.1) is 18.2 Å². The van der Waals surface area contributed by atoms with E-state index in [9.17, 15) is 4.79 Å². The molecule has 0 unspecified atom stereocenters. The SMILES string of the molecule is Cc1cc(C)cc(N(CCC#N)C(=O)CSc2nnc3ccccn23)c1. The van der Waals surface area contributed by atoms with Crippen molar-refractivity contribution in [3.63, 3.8) is 0 Å². The molecule has 2 aromatic heterocycles. The van der Waals surface area contributed by atoms with Crippen LogP contribution in [0.4, 0.5) is 5.69 Å². The summed E-state index contributed by atoms with van der Waals surface area (Å²) in [7, 11) is 0. The van der Waals surface area contributed by atoms with Gasteiger partial charge in [-0.25, -0.2) is 0 Å². The predicted molar refractivity (Wildman–Crippen MR) is 102 cm³/mol. The van der Waals surface area contributed by atoms with Gasteiger partial charge in [0.1, 0.15) is 0 Å². The van der Waals surface area contributed by atoms with Crippen LogP contribution in [0.5, 0.6) is 0 Å². The van der Waals surface area contributed by atoms with E-state index in [0.29, 0.717) is 11.7 Å². The summed E-state index contributed by atoms with van der Waals surface area (Å²) in [5.74, 6) is 0.177. The van der Waals surface area contributed by atoms with Crippen molar-refractivity contribution in [2.75, 3.05) is 17.2 Å². The van der Waals surface area contributed by atoms with Crippen LogP contribution in [0.2, 0.25) is 0 Å². The Labute approximate surface area is 156 Å². The third-order valence-corrected chi connectivity index (χ3v) is 4.80. The number of aryl methyl sites for hydroxylation is 2. The molecule has 3 aromatic rings. The molecule has 3 rings (SSSR count). The number of nitriles is 1. The Bertz CT molecular complexity index is 955. The molecule has 6 nitrogen and oxygen atoms in total. The number of hydrogen-bond donors (Lipinski definition) is 0. The standard InChI is InChI=1S/C19H19N5OS/c1-14-10-15(2)12-16(11-14)23(9-5-7-20)18(25)13-26-19-22-21-17-6-3-4-8-24(17)19/h3-4,6,8,10-12H,5,9,13H2,1-2H3. The van der Waals surface area contributed by atoms with Gasteiger partial charge in [0.25, 0.3) is 0 Å². The zero-order valence-electron chi connectivity index (χ0n) is 14.7. The van der Waals surface area contributed by atoms with Gasteiger partial charge in [-0.2, -0.15) is 5.26 Å². The van der Waals surface area contributed by atoms with Crippen molar-refractivity contribution in [3.05, 3.63) is 53.7 Å². The molecule has 0 bridgehead atoms. The number of rotatable bonds is 6. The van der Waals surface area contributed by atoms with Crippen molar-refractivity contribution in [1.82, 2.24) is 14.6 Å². The van der Waals surface area contributed by atoms with Crippen LogP contribution in [0.1, 0.15) is 17.5 Å². The average Bonchev–Trinajstić information content (AvgIpc) is 3.02. The number of carbonyl (C=O) groups is 1. The minimum atomic E-state index is -0.0528. The van der Waals surface area contributed by atoms with Crippen LogP contribution in [-0.4, -0.2) is 32.8 Å². The van der Waals surface area contributed by atoms with Gasteiger partial charge < -0.3 is 4.90 Å². The van der Waals surface area contributed by atoms with Crippen molar-refractivity contribution in [2.24, 2.45) is 0 Å². The Kier molecular flexibility index (Phi) is 5.54. The number of anilines is 1. The fourth-order valence-electron chi connectivity index (χ4n) is 2.79. The van der Waals surface area contributed by atoms with Crippen molar-refractivity contribution < 1.29 is 4.79 Å². The van der Waals surface area contributed by atoms with Gasteiger partial charge in [-0.05, 0) is 49.2 Å². The molecule has 1 aromatic carbocycles. The molecule has 0 spiro atoms. The van der Waals surface area contributed by atoms with Crippen LogP contribution in [-0.2, 0) is 4.79 Å². The van der Waals surface area contributed by atoms with E-state index in [1.807, 2.05) is 54.8 Å². The summed E-state index contributed by atoms with van der Waals surface area (Å²) >= 11 is 1.34. The Hall–Kier alpha value is -2.85. The number of hydrogen-bond acceptors (Lipinski definition) is 5. The number of thioether (sulfide) groups is 1. The van der Waals surface area contributed by atoms with Crippen LogP contribution < -0.4 is 4.90 Å². The molecule has 2 heterocycles. The number of pyridine rings is 1. The largest absolute Gasteiger partial charge is 0.311 e. The molecule has 0 fully saturated rings. The molecule has 0 aliphatic carbocycles. The summed E-state index contributed by atoms with van der Waals surface area (Å²) in [6.07, 6.45) is 2.16. The van der Waals surface area contributed by atoms with Crippen LogP contribution in [0, 0.1) is 25.2 Å². The normalized spacial score (nSPS) is 10.7. The highest BCUT2D eigenvalue weighted by Gasteiger charge is 2.18. The molecule has 0 aliphatic heterocycles. The molecule has 0 aliphatic rings. The first-order valence-electron chi connectivity index (χ1n) is 8.26. The molecule has 1 amide bonds. The maximum absolute atomic E-state index is 12.8. The Morgan fingerprint density at radius 3 is 2.73 bits per heavy atom. The monoisotopic (exact) mass is 365 g/mol. The maximum Gasteiger partial charge on any atom is 0.237 e. The quantitative estimate of drug-likeness (QED) is 0.626. The number of benzene rings is 1. The van der Waals surface area contributed by atoms with E-state index in [1.165, 1.54) is 11.8 Å². The van der Waals surface area contributed by atoms with Gasteiger partial charge >= 0.3 is 0 Å². The first kappa shape index (κ1) is 18.0. The second kappa shape index (κ2) is 8.02. The van der Waals surface area contributed by atoms with Crippen LogP contribution in [0.3, 0.4) is 0 Å². The van der Waals surface area contributed by atoms with E-state index in [2.05, 4.69) is 22.3 Å². The average molecular weight is 365 g/mol. The second-order valence-corrected chi connectivity index (χ2v) is 6.94. The number of fused-ring (bicyclic) bond motifs is 1. The van der Waals surface area contributed by atoms with E-state index in [-0.39, 0.29) is 18.1 Å². The fourth-order valence-corrected chi connectivity index (χ4v) is 3.59. The van der Waals surface area contributed by atoms with E-state index in [0.717, 1.165) is 22.5 Å². The van der Waals surface area contributed by atoms with Gasteiger partial charge in [0.15, 0.2) is 10.8 Å². The van der Waals surface area contributed by atoms with Crippen molar-refractivity contribution >= 4 is 29.0 Å². The lowest BCUT2D eigenvalue weighted by Crippen LogP contribution is -2.33. The van der Waals surface area contributed by atoms with Gasteiger partial charge in [0.2, 0.25) is 5.91 Å². The van der Waals surface area contributed by atoms with E-state index < -0.39 is 0 Å². The summed E-state index contributed by atoms with van der Waals surface area (Å²) in [5.41, 5.74) is 3.75. The van der Waals surface area contributed by atoms with Gasteiger partial charge in [-0.15, -0.1) is 10.2 Å². The van der Waals surface area contributed by atoms with E-state index in [4.69, 9.17) is 5.26 Å². The number of aromatic nitrogens is 3. The summed E-state index contributed by atoms with van der Waals surface area (Å²) in [6.45, 7) is 4.38. The molecule has 132 valence electrons. The third kappa shape index (κ3) is 4.03. The van der Waals surface area contributed by atoms with Gasteiger partial charge in [0, 0.05) is 18.4 Å². The lowest BCUT2D eigenvalue weighted by molar-refractivity contribution is -0.116. The summed E-state index contributed by atoms with van der Waals surface area (Å²) < 4.78 is 1.86. The molecule has 0 radical (unpaired) electrons. The summed E-state index contributed by atoms with van der Waals surface area (Å²) in [4.78, 5) is 14.5. The topological polar surface area (TPSA) is 74.3 Å². The molecule has 0 saturated heterocycles. The summed E-state index contributed by atoms with van der Waals surface area (Å²) in [5, 5.41) is 17.9. The Balaban J connectivity index is 1.78. The molecule has 0 saturated carbocycles. The maximum atomic E-state index is 12.8. The zero-order chi connectivity index (χ0) is 18.5. The molecule has 0 N–H and O–H groups in total. The van der Waals surface area contributed by atoms with Crippen molar-refractivity contribution in [2.45, 2.75) is 25.4 Å².